The zero-order chi connectivity index (χ0) is 9.61. The van der Waals surface area contributed by atoms with Crippen LogP contribution in [0.25, 0.3) is 0 Å². The summed E-state index contributed by atoms with van der Waals surface area (Å²) in [5.74, 6) is 0.720. The van der Waals surface area contributed by atoms with Crippen molar-refractivity contribution in [2.45, 2.75) is 45.6 Å². The van der Waals surface area contributed by atoms with Gasteiger partial charge in [-0.3, -0.25) is 4.79 Å². The Morgan fingerprint density at radius 2 is 2.08 bits per heavy atom. The van der Waals surface area contributed by atoms with E-state index >= 15 is 0 Å². The standard InChI is InChI=1S/C9H19NOS/c1-4-6-9(2,3)10-8(11)5-7-12/h12H,4-7H2,1-3H3,(H,10,11). The average molecular weight is 189 g/mol. The highest BCUT2D eigenvalue weighted by atomic mass is 32.1. The largest absolute Gasteiger partial charge is 0.351 e. The molecule has 2 nitrogen and oxygen atoms in total. The molecule has 0 aliphatic heterocycles. The lowest BCUT2D eigenvalue weighted by Crippen LogP contribution is -2.43. The van der Waals surface area contributed by atoms with Gasteiger partial charge in [-0.1, -0.05) is 13.3 Å². The monoisotopic (exact) mass is 189 g/mol. The van der Waals surface area contributed by atoms with E-state index in [9.17, 15) is 4.79 Å². The summed E-state index contributed by atoms with van der Waals surface area (Å²) in [5.41, 5.74) is -0.0607. The maximum absolute atomic E-state index is 11.2. The molecule has 0 fully saturated rings. The van der Waals surface area contributed by atoms with Crippen LogP contribution >= 0.6 is 12.6 Å². The first-order valence-corrected chi connectivity index (χ1v) is 5.07. The second kappa shape index (κ2) is 5.46. The van der Waals surface area contributed by atoms with Gasteiger partial charge in [0.15, 0.2) is 0 Å². The van der Waals surface area contributed by atoms with Gasteiger partial charge in [-0.15, -0.1) is 0 Å². The third-order valence-corrected chi connectivity index (χ3v) is 1.92. The van der Waals surface area contributed by atoms with Gasteiger partial charge in [0.1, 0.15) is 0 Å². The number of rotatable bonds is 5. The smallest absolute Gasteiger partial charge is 0.221 e. The Labute approximate surface area is 80.5 Å². The summed E-state index contributed by atoms with van der Waals surface area (Å²) in [4.78, 5) is 11.2. The van der Waals surface area contributed by atoms with Crippen molar-refractivity contribution in [3.05, 3.63) is 0 Å². The van der Waals surface area contributed by atoms with E-state index in [1.165, 1.54) is 0 Å². The molecule has 0 heterocycles. The number of amides is 1. The van der Waals surface area contributed by atoms with Gasteiger partial charge < -0.3 is 5.32 Å². The lowest BCUT2D eigenvalue weighted by atomic mass is 9.99. The Bertz CT molecular complexity index is 145. The molecule has 0 spiro atoms. The fraction of sp³-hybridized carbons (Fsp3) is 0.889. The van der Waals surface area contributed by atoms with Crippen molar-refractivity contribution >= 4 is 18.5 Å². The normalized spacial score (nSPS) is 11.3. The summed E-state index contributed by atoms with van der Waals surface area (Å²) < 4.78 is 0. The first-order valence-electron chi connectivity index (χ1n) is 4.43. The molecule has 0 saturated carbocycles. The summed E-state index contributed by atoms with van der Waals surface area (Å²) in [6, 6.07) is 0. The van der Waals surface area contributed by atoms with Crippen LogP contribution in [0.2, 0.25) is 0 Å². The van der Waals surface area contributed by atoms with Crippen molar-refractivity contribution in [2.75, 3.05) is 5.75 Å². The Kier molecular flexibility index (Phi) is 5.38. The highest BCUT2D eigenvalue weighted by molar-refractivity contribution is 7.80. The van der Waals surface area contributed by atoms with E-state index < -0.39 is 0 Å². The second-order valence-corrected chi connectivity index (χ2v) is 4.10. The summed E-state index contributed by atoms with van der Waals surface area (Å²) in [6.07, 6.45) is 2.62. The summed E-state index contributed by atoms with van der Waals surface area (Å²) in [5, 5.41) is 2.97. The minimum absolute atomic E-state index is 0.0607. The molecule has 0 aromatic carbocycles. The Balaban J connectivity index is 3.79. The molecule has 0 unspecified atom stereocenters. The van der Waals surface area contributed by atoms with Gasteiger partial charge in [0.25, 0.3) is 0 Å². The molecule has 0 aliphatic rings. The van der Waals surface area contributed by atoms with Crippen molar-refractivity contribution in [2.24, 2.45) is 0 Å². The van der Waals surface area contributed by atoms with E-state index in [-0.39, 0.29) is 11.4 Å². The molecular weight excluding hydrogens is 170 g/mol. The number of hydrogen-bond donors (Lipinski definition) is 2. The van der Waals surface area contributed by atoms with Gasteiger partial charge in [0.05, 0.1) is 0 Å². The van der Waals surface area contributed by atoms with Crippen molar-refractivity contribution in [3.8, 4) is 0 Å². The van der Waals surface area contributed by atoms with E-state index in [1.54, 1.807) is 0 Å². The molecule has 1 N–H and O–H groups in total. The number of hydrogen-bond acceptors (Lipinski definition) is 2. The Morgan fingerprint density at radius 3 is 2.50 bits per heavy atom. The minimum Gasteiger partial charge on any atom is -0.351 e. The van der Waals surface area contributed by atoms with Gasteiger partial charge in [-0.25, -0.2) is 0 Å². The lowest BCUT2D eigenvalue weighted by Gasteiger charge is -2.25. The molecule has 0 radical (unpaired) electrons. The van der Waals surface area contributed by atoms with Crippen LogP contribution in [0.1, 0.15) is 40.0 Å². The van der Waals surface area contributed by atoms with Crippen LogP contribution in [-0.4, -0.2) is 17.2 Å². The van der Waals surface area contributed by atoms with E-state index in [0.29, 0.717) is 12.2 Å². The number of carbonyl (C=O) groups is 1. The van der Waals surface area contributed by atoms with Crippen molar-refractivity contribution < 1.29 is 4.79 Å². The molecule has 0 saturated heterocycles. The van der Waals surface area contributed by atoms with E-state index in [0.717, 1.165) is 12.8 Å². The van der Waals surface area contributed by atoms with Crippen LogP contribution in [0, 0.1) is 0 Å². The minimum atomic E-state index is -0.0607. The van der Waals surface area contributed by atoms with E-state index in [2.05, 4.69) is 24.9 Å². The van der Waals surface area contributed by atoms with Crippen LogP contribution in [0.3, 0.4) is 0 Å². The first kappa shape index (κ1) is 11.8. The first-order chi connectivity index (χ1) is 5.52. The summed E-state index contributed by atoms with van der Waals surface area (Å²) >= 11 is 4.00. The summed E-state index contributed by atoms with van der Waals surface area (Å²) in [7, 11) is 0. The molecule has 0 aromatic heterocycles. The van der Waals surface area contributed by atoms with Gasteiger partial charge in [0.2, 0.25) is 5.91 Å². The third-order valence-electron chi connectivity index (χ3n) is 1.69. The second-order valence-electron chi connectivity index (χ2n) is 3.66. The number of carbonyl (C=O) groups excluding carboxylic acids is 1. The summed E-state index contributed by atoms with van der Waals surface area (Å²) in [6.45, 7) is 6.21. The molecule has 0 bridgehead atoms. The topological polar surface area (TPSA) is 29.1 Å². The zero-order valence-corrected chi connectivity index (χ0v) is 9.08. The predicted molar refractivity (Wildman–Crippen MR) is 55.6 cm³/mol. The SMILES string of the molecule is CCCC(C)(C)NC(=O)CCS. The van der Waals surface area contributed by atoms with Crippen LogP contribution < -0.4 is 5.32 Å². The molecule has 12 heavy (non-hydrogen) atoms. The molecule has 0 rings (SSSR count). The Morgan fingerprint density at radius 1 is 1.50 bits per heavy atom. The van der Waals surface area contributed by atoms with Crippen molar-refractivity contribution in [1.29, 1.82) is 0 Å². The number of nitrogens with one attached hydrogen (secondary N) is 1. The fourth-order valence-corrected chi connectivity index (χ4v) is 1.43. The zero-order valence-electron chi connectivity index (χ0n) is 8.18. The van der Waals surface area contributed by atoms with Gasteiger partial charge in [-0.2, -0.15) is 12.6 Å². The fourth-order valence-electron chi connectivity index (χ4n) is 1.23. The van der Waals surface area contributed by atoms with Crippen LogP contribution in [-0.2, 0) is 4.79 Å². The predicted octanol–water partition coefficient (Wildman–Crippen LogP) is 2.00. The molecular formula is C9H19NOS. The maximum Gasteiger partial charge on any atom is 0.221 e. The third kappa shape index (κ3) is 5.47. The van der Waals surface area contributed by atoms with E-state index in [4.69, 9.17) is 0 Å². The van der Waals surface area contributed by atoms with Crippen LogP contribution in [0.4, 0.5) is 0 Å². The van der Waals surface area contributed by atoms with Crippen molar-refractivity contribution in [3.63, 3.8) is 0 Å². The van der Waals surface area contributed by atoms with Crippen LogP contribution in [0.15, 0.2) is 0 Å². The van der Waals surface area contributed by atoms with Crippen molar-refractivity contribution in [1.82, 2.24) is 5.32 Å². The van der Waals surface area contributed by atoms with E-state index in [1.807, 2.05) is 13.8 Å². The average Bonchev–Trinajstić information content (AvgIpc) is 1.85. The molecule has 1 amide bonds. The van der Waals surface area contributed by atoms with Crippen LogP contribution in [0.5, 0.6) is 0 Å². The molecule has 0 aliphatic carbocycles. The quantitative estimate of drug-likeness (QED) is 0.636. The van der Waals surface area contributed by atoms with Gasteiger partial charge >= 0.3 is 0 Å². The highest BCUT2D eigenvalue weighted by Crippen LogP contribution is 2.10. The molecule has 3 heteroatoms. The number of thiol groups is 1. The maximum atomic E-state index is 11.2. The lowest BCUT2D eigenvalue weighted by molar-refractivity contribution is -0.122. The molecule has 0 aromatic rings. The van der Waals surface area contributed by atoms with Gasteiger partial charge in [0, 0.05) is 12.0 Å². The van der Waals surface area contributed by atoms with Gasteiger partial charge in [-0.05, 0) is 26.0 Å². The highest BCUT2D eigenvalue weighted by Gasteiger charge is 2.17. The molecule has 0 atom stereocenters. The molecule has 72 valence electrons. The Hall–Kier alpha value is -0.180.